The number of hydrogen-bond acceptors (Lipinski definition) is 2. The number of nitrogens with one attached hydrogen (secondary N) is 1. The Morgan fingerprint density at radius 3 is 2.43 bits per heavy atom. The smallest absolute Gasteiger partial charge is 0.127 e. The maximum atomic E-state index is 14.1. The predicted octanol–water partition coefficient (Wildman–Crippen LogP) is 4.23. The highest BCUT2D eigenvalue weighted by atomic mass is 19.1. The Hall–Kier alpha value is -0.930. The number of benzene rings is 1. The summed E-state index contributed by atoms with van der Waals surface area (Å²) < 4.78 is 14.1. The van der Waals surface area contributed by atoms with Gasteiger partial charge in [0, 0.05) is 18.2 Å². The van der Waals surface area contributed by atoms with E-state index in [1.54, 1.807) is 12.1 Å². The molecule has 0 amide bonds. The van der Waals surface area contributed by atoms with Crippen molar-refractivity contribution in [1.82, 2.24) is 10.2 Å². The molecule has 0 bridgehead atoms. The van der Waals surface area contributed by atoms with E-state index in [4.69, 9.17) is 0 Å². The molecule has 0 saturated carbocycles. The minimum Gasteiger partial charge on any atom is -0.310 e. The fraction of sp³-hybridized carbons (Fsp3) is 0.667. The average molecular weight is 294 g/mol. The molecule has 2 unspecified atom stereocenters. The Morgan fingerprint density at radius 2 is 1.86 bits per heavy atom. The van der Waals surface area contributed by atoms with E-state index in [0.717, 1.165) is 44.6 Å². The highest BCUT2D eigenvalue weighted by Crippen LogP contribution is 2.25. The van der Waals surface area contributed by atoms with Crippen molar-refractivity contribution in [2.75, 3.05) is 26.2 Å². The van der Waals surface area contributed by atoms with Crippen LogP contribution in [-0.2, 0) is 0 Å². The Morgan fingerprint density at radius 1 is 1.14 bits per heavy atom. The molecule has 0 heterocycles. The second-order valence-corrected chi connectivity index (χ2v) is 5.82. The zero-order chi connectivity index (χ0) is 15.7. The third-order valence-electron chi connectivity index (χ3n) is 3.96. The first-order valence-corrected chi connectivity index (χ1v) is 8.34. The summed E-state index contributed by atoms with van der Waals surface area (Å²) in [7, 11) is 0. The van der Waals surface area contributed by atoms with Crippen LogP contribution in [0.5, 0.6) is 0 Å². The highest BCUT2D eigenvalue weighted by molar-refractivity contribution is 5.22. The summed E-state index contributed by atoms with van der Waals surface area (Å²) in [5, 5.41) is 3.53. The van der Waals surface area contributed by atoms with Crippen molar-refractivity contribution in [3.05, 3.63) is 35.6 Å². The van der Waals surface area contributed by atoms with Gasteiger partial charge in [-0.25, -0.2) is 4.39 Å². The van der Waals surface area contributed by atoms with Crippen molar-refractivity contribution in [2.45, 2.75) is 46.6 Å². The second kappa shape index (κ2) is 9.91. The van der Waals surface area contributed by atoms with Crippen LogP contribution in [0.25, 0.3) is 0 Å². The standard InChI is InChI=1S/C18H31FN2/c1-5-12-20-18(16-10-8-9-11-17(16)19)15(4)14-21(7-3)13-6-2/h8-11,15,18,20H,5-7,12-14H2,1-4H3. The minimum absolute atomic E-state index is 0.0806. The zero-order valence-electron chi connectivity index (χ0n) is 14.0. The van der Waals surface area contributed by atoms with Gasteiger partial charge in [-0.3, -0.25) is 0 Å². The summed E-state index contributed by atoms with van der Waals surface area (Å²) in [6.07, 6.45) is 2.22. The van der Waals surface area contributed by atoms with Gasteiger partial charge in [-0.15, -0.1) is 0 Å². The number of halogens is 1. The van der Waals surface area contributed by atoms with Gasteiger partial charge in [0.05, 0.1) is 0 Å². The third-order valence-corrected chi connectivity index (χ3v) is 3.96. The van der Waals surface area contributed by atoms with E-state index in [2.05, 4.69) is 37.9 Å². The van der Waals surface area contributed by atoms with Crippen molar-refractivity contribution >= 4 is 0 Å². The number of nitrogens with zero attached hydrogens (tertiary/aromatic N) is 1. The average Bonchev–Trinajstić information content (AvgIpc) is 2.48. The lowest BCUT2D eigenvalue weighted by Crippen LogP contribution is -2.37. The van der Waals surface area contributed by atoms with Gasteiger partial charge >= 0.3 is 0 Å². The molecule has 2 nitrogen and oxygen atoms in total. The molecule has 1 aromatic rings. The molecule has 0 saturated heterocycles. The van der Waals surface area contributed by atoms with E-state index in [0.29, 0.717) is 5.92 Å². The van der Waals surface area contributed by atoms with E-state index >= 15 is 0 Å². The fourth-order valence-electron chi connectivity index (χ4n) is 2.85. The van der Waals surface area contributed by atoms with Crippen molar-refractivity contribution in [3.63, 3.8) is 0 Å². The molecule has 0 aliphatic heterocycles. The van der Waals surface area contributed by atoms with E-state index in [9.17, 15) is 4.39 Å². The Kier molecular flexibility index (Phi) is 8.55. The maximum Gasteiger partial charge on any atom is 0.127 e. The molecule has 0 radical (unpaired) electrons. The molecule has 0 spiro atoms. The summed E-state index contributed by atoms with van der Waals surface area (Å²) in [5.74, 6) is 0.274. The van der Waals surface area contributed by atoms with Crippen LogP contribution < -0.4 is 5.32 Å². The predicted molar refractivity (Wildman–Crippen MR) is 89.0 cm³/mol. The molecule has 1 rings (SSSR count). The van der Waals surface area contributed by atoms with Crippen LogP contribution in [0.3, 0.4) is 0 Å². The van der Waals surface area contributed by atoms with Crippen LogP contribution in [0.1, 0.15) is 52.1 Å². The first kappa shape index (κ1) is 18.1. The molecule has 1 N–H and O–H groups in total. The second-order valence-electron chi connectivity index (χ2n) is 5.82. The first-order valence-electron chi connectivity index (χ1n) is 8.34. The monoisotopic (exact) mass is 294 g/mol. The summed E-state index contributed by atoms with van der Waals surface area (Å²) >= 11 is 0. The summed E-state index contributed by atoms with van der Waals surface area (Å²) in [6, 6.07) is 7.24. The molecular weight excluding hydrogens is 263 g/mol. The molecule has 0 fully saturated rings. The van der Waals surface area contributed by atoms with Gasteiger partial charge in [0.25, 0.3) is 0 Å². The van der Waals surface area contributed by atoms with Crippen molar-refractivity contribution in [2.24, 2.45) is 5.92 Å². The van der Waals surface area contributed by atoms with Crippen molar-refractivity contribution in [3.8, 4) is 0 Å². The minimum atomic E-state index is -0.100. The van der Waals surface area contributed by atoms with Gasteiger partial charge in [-0.1, -0.05) is 45.9 Å². The lowest BCUT2D eigenvalue weighted by Gasteiger charge is -2.31. The lowest BCUT2D eigenvalue weighted by molar-refractivity contribution is 0.217. The summed E-state index contributed by atoms with van der Waals surface area (Å²) in [4.78, 5) is 2.45. The van der Waals surface area contributed by atoms with Crippen LogP contribution in [0.15, 0.2) is 24.3 Å². The molecule has 0 aliphatic rings. The molecule has 120 valence electrons. The van der Waals surface area contributed by atoms with Crippen LogP contribution in [0, 0.1) is 11.7 Å². The topological polar surface area (TPSA) is 15.3 Å². The van der Waals surface area contributed by atoms with Gasteiger partial charge in [0.15, 0.2) is 0 Å². The quantitative estimate of drug-likeness (QED) is 0.694. The van der Waals surface area contributed by atoms with Crippen molar-refractivity contribution in [1.29, 1.82) is 0 Å². The van der Waals surface area contributed by atoms with E-state index in [1.807, 2.05) is 12.1 Å². The molecule has 2 atom stereocenters. The van der Waals surface area contributed by atoms with Crippen LogP contribution in [0.4, 0.5) is 4.39 Å². The third kappa shape index (κ3) is 5.76. The van der Waals surface area contributed by atoms with Crippen LogP contribution >= 0.6 is 0 Å². The van der Waals surface area contributed by atoms with E-state index in [-0.39, 0.29) is 11.9 Å². The normalized spacial score (nSPS) is 14.4. The van der Waals surface area contributed by atoms with Gasteiger partial charge in [-0.05, 0) is 44.5 Å². The van der Waals surface area contributed by atoms with Crippen LogP contribution in [0.2, 0.25) is 0 Å². The Bertz CT molecular complexity index is 395. The largest absolute Gasteiger partial charge is 0.310 e. The van der Waals surface area contributed by atoms with Gasteiger partial charge in [0.2, 0.25) is 0 Å². The zero-order valence-corrected chi connectivity index (χ0v) is 14.0. The molecule has 0 aromatic heterocycles. The summed E-state index contributed by atoms with van der Waals surface area (Å²) in [5.41, 5.74) is 0.797. The summed E-state index contributed by atoms with van der Waals surface area (Å²) in [6.45, 7) is 12.8. The number of rotatable bonds is 10. The fourth-order valence-corrected chi connectivity index (χ4v) is 2.85. The van der Waals surface area contributed by atoms with E-state index < -0.39 is 0 Å². The molecule has 3 heteroatoms. The van der Waals surface area contributed by atoms with Gasteiger partial charge < -0.3 is 10.2 Å². The lowest BCUT2D eigenvalue weighted by atomic mass is 9.93. The molecule has 1 aromatic carbocycles. The Balaban J connectivity index is 2.83. The first-order chi connectivity index (χ1) is 10.1. The molecule has 0 aliphatic carbocycles. The SMILES string of the molecule is CCCNC(c1ccccc1F)C(C)CN(CC)CCC. The van der Waals surface area contributed by atoms with Crippen LogP contribution in [-0.4, -0.2) is 31.1 Å². The highest BCUT2D eigenvalue weighted by Gasteiger charge is 2.22. The number of hydrogen-bond donors (Lipinski definition) is 1. The maximum absolute atomic E-state index is 14.1. The van der Waals surface area contributed by atoms with E-state index in [1.165, 1.54) is 0 Å². The van der Waals surface area contributed by atoms with Gasteiger partial charge in [0.1, 0.15) is 5.82 Å². The van der Waals surface area contributed by atoms with Crippen molar-refractivity contribution < 1.29 is 4.39 Å². The Labute approximate surface area is 129 Å². The van der Waals surface area contributed by atoms with Gasteiger partial charge in [-0.2, -0.15) is 0 Å². The molecule has 21 heavy (non-hydrogen) atoms. The molecular formula is C18H31FN2.